The Hall–Kier alpha value is -1.88. The second kappa shape index (κ2) is 11.1. The van der Waals surface area contributed by atoms with Crippen LogP contribution >= 0.6 is 0 Å². The number of nitrogens with zero attached hydrogens (tertiary/aromatic N) is 1. The van der Waals surface area contributed by atoms with E-state index in [1.807, 2.05) is 19.0 Å². The second-order valence-corrected chi connectivity index (χ2v) is 17.8. The van der Waals surface area contributed by atoms with Gasteiger partial charge in [-0.25, -0.2) is 4.79 Å². The number of fused-ring (bicyclic) bond motifs is 7. The fourth-order valence-corrected chi connectivity index (χ4v) is 13.3. The number of benzene rings is 1. The Morgan fingerprint density at radius 3 is 2.16 bits per heavy atom. The Bertz CT molecular complexity index is 1250. The number of carbonyl (C=O) groups is 2. The number of hydrogen-bond donors (Lipinski definition) is 2. The average molecular weight is 605 g/mol. The molecule has 244 valence electrons. The van der Waals surface area contributed by atoms with Gasteiger partial charge in [0.15, 0.2) is 0 Å². The van der Waals surface area contributed by atoms with E-state index >= 15 is 0 Å². The molecule has 10 atom stereocenters. The highest BCUT2D eigenvalue weighted by atomic mass is 16.4. The molecule has 5 aliphatic carbocycles. The van der Waals surface area contributed by atoms with Gasteiger partial charge >= 0.3 is 5.97 Å². The molecule has 0 bridgehead atoms. The number of nitrogens with one attached hydrogen (secondary N) is 1. The van der Waals surface area contributed by atoms with Crippen molar-refractivity contribution in [3.8, 4) is 0 Å². The summed E-state index contributed by atoms with van der Waals surface area (Å²) < 4.78 is 0. The highest BCUT2D eigenvalue weighted by Gasteiger charge is 2.67. The molecule has 0 aromatic heterocycles. The summed E-state index contributed by atoms with van der Waals surface area (Å²) in [4.78, 5) is 26.8. The summed E-state index contributed by atoms with van der Waals surface area (Å²) in [5, 5.41) is 13.2. The SMILES string of the molecule is CC(C)C1CC[C@]2(NC(=O)CN(C)C)CCC3[C@H](CCC4[C@@]3(C)CCC3C(C)(C)[C@H](c5ccc(C(=O)O)cc5)CC[C@@]34C)C12. The van der Waals surface area contributed by atoms with Crippen molar-refractivity contribution >= 4 is 11.9 Å². The lowest BCUT2D eigenvalue weighted by molar-refractivity contribution is -0.198. The van der Waals surface area contributed by atoms with Gasteiger partial charge < -0.3 is 15.3 Å². The van der Waals surface area contributed by atoms with Crippen molar-refractivity contribution < 1.29 is 14.7 Å². The maximum absolute atomic E-state index is 13.2. The number of carboxylic acids is 1. The number of likely N-dealkylation sites (N-methyl/N-ethyl adjacent to an activating group) is 1. The summed E-state index contributed by atoms with van der Waals surface area (Å²) in [7, 11) is 4.00. The standard InChI is InChI=1S/C39H60N2O3/c1-24(2)27-15-21-39(40-33(42)23-41(7)8)22-17-30-28(34(27)39)13-14-32-37(30,5)20-18-31-36(3,4)29(16-19-38(31,32)6)25-9-11-26(12-10-25)35(43)44/h9-12,24,27-32,34H,13-23H2,1-8H3,(H,40,42)(H,43,44)/t27?,28-,29-,30?,31?,32?,34?,37-,38-,39-/m0/s1. The smallest absolute Gasteiger partial charge is 0.335 e. The monoisotopic (exact) mass is 604 g/mol. The lowest BCUT2D eigenvalue weighted by atomic mass is 9.35. The molecule has 1 amide bonds. The Morgan fingerprint density at radius 1 is 0.864 bits per heavy atom. The maximum Gasteiger partial charge on any atom is 0.335 e. The molecule has 5 aliphatic rings. The van der Waals surface area contributed by atoms with Gasteiger partial charge in [-0.2, -0.15) is 0 Å². The first kappa shape index (κ1) is 32.1. The van der Waals surface area contributed by atoms with Crippen LogP contribution in [-0.2, 0) is 4.79 Å². The fourth-order valence-electron chi connectivity index (χ4n) is 13.3. The minimum atomic E-state index is -0.845. The minimum absolute atomic E-state index is 0.0102. The lowest BCUT2D eigenvalue weighted by Gasteiger charge is -2.70. The molecule has 5 saturated carbocycles. The molecule has 0 heterocycles. The molecule has 5 nitrogen and oxygen atoms in total. The van der Waals surface area contributed by atoms with E-state index in [0.29, 0.717) is 52.5 Å². The van der Waals surface area contributed by atoms with Gasteiger partial charge in [-0.1, -0.05) is 53.7 Å². The predicted molar refractivity (Wildman–Crippen MR) is 178 cm³/mol. The van der Waals surface area contributed by atoms with Gasteiger partial charge in [0.05, 0.1) is 12.1 Å². The van der Waals surface area contributed by atoms with E-state index in [1.54, 1.807) is 12.1 Å². The van der Waals surface area contributed by atoms with Crippen LogP contribution in [0.2, 0.25) is 0 Å². The van der Waals surface area contributed by atoms with E-state index in [2.05, 4.69) is 59.0 Å². The van der Waals surface area contributed by atoms with Crippen LogP contribution in [-0.4, -0.2) is 48.1 Å². The summed E-state index contributed by atoms with van der Waals surface area (Å²) in [5.74, 6) is 4.71. The summed E-state index contributed by atoms with van der Waals surface area (Å²) >= 11 is 0. The molecule has 1 aromatic carbocycles. The number of hydrogen-bond acceptors (Lipinski definition) is 3. The van der Waals surface area contributed by atoms with Crippen LogP contribution in [0.4, 0.5) is 0 Å². The van der Waals surface area contributed by atoms with Gasteiger partial charge in [0.2, 0.25) is 5.91 Å². The molecule has 0 spiro atoms. The Kier molecular flexibility index (Phi) is 8.11. The molecular weight excluding hydrogens is 544 g/mol. The van der Waals surface area contributed by atoms with E-state index in [0.717, 1.165) is 30.6 Å². The van der Waals surface area contributed by atoms with Crippen LogP contribution in [0.5, 0.6) is 0 Å². The molecule has 2 N–H and O–H groups in total. The van der Waals surface area contributed by atoms with Crippen molar-refractivity contribution in [1.82, 2.24) is 10.2 Å². The Morgan fingerprint density at radius 2 is 1.52 bits per heavy atom. The first-order valence-electron chi connectivity index (χ1n) is 17.9. The largest absolute Gasteiger partial charge is 0.478 e. The van der Waals surface area contributed by atoms with E-state index in [9.17, 15) is 14.7 Å². The molecule has 5 unspecified atom stereocenters. The highest BCUT2D eigenvalue weighted by Crippen LogP contribution is 2.74. The quantitative estimate of drug-likeness (QED) is 0.343. The van der Waals surface area contributed by atoms with Crippen molar-refractivity contribution in [3.63, 3.8) is 0 Å². The number of rotatable bonds is 6. The van der Waals surface area contributed by atoms with E-state index in [4.69, 9.17) is 0 Å². The highest BCUT2D eigenvalue weighted by molar-refractivity contribution is 5.87. The van der Waals surface area contributed by atoms with E-state index < -0.39 is 5.97 Å². The van der Waals surface area contributed by atoms with Crippen molar-refractivity contribution in [2.75, 3.05) is 20.6 Å². The van der Waals surface area contributed by atoms with Gasteiger partial charge in [0, 0.05) is 5.54 Å². The molecule has 5 fully saturated rings. The van der Waals surface area contributed by atoms with Gasteiger partial charge in [-0.3, -0.25) is 4.79 Å². The maximum atomic E-state index is 13.2. The van der Waals surface area contributed by atoms with Gasteiger partial charge in [-0.15, -0.1) is 0 Å². The topological polar surface area (TPSA) is 69.6 Å². The number of amides is 1. The zero-order valence-electron chi connectivity index (χ0n) is 28.9. The van der Waals surface area contributed by atoms with Crippen LogP contribution in [0.15, 0.2) is 24.3 Å². The molecular formula is C39H60N2O3. The predicted octanol–water partition coefficient (Wildman–Crippen LogP) is 8.25. The molecule has 6 rings (SSSR count). The summed E-state index contributed by atoms with van der Waals surface area (Å²) in [5.41, 5.74) is 2.56. The first-order valence-corrected chi connectivity index (χ1v) is 17.9. The third-order valence-corrected chi connectivity index (χ3v) is 14.9. The molecule has 1 aromatic rings. The Balaban J connectivity index is 1.27. The third-order valence-electron chi connectivity index (χ3n) is 14.9. The van der Waals surface area contributed by atoms with E-state index in [-0.39, 0.29) is 16.9 Å². The zero-order chi connectivity index (χ0) is 31.8. The van der Waals surface area contributed by atoms with Crippen LogP contribution in [0.25, 0.3) is 0 Å². The van der Waals surface area contributed by atoms with Gasteiger partial charge in [0.1, 0.15) is 0 Å². The average Bonchev–Trinajstić information content (AvgIpc) is 3.32. The van der Waals surface area contributed by atoms with Crippen molar-refractivity contribution in [3.05, 3.63) is 35.4 Å². The van der Waals surface area contributed by atoms with Crippen molar-refractivity contribution in [1.29, 1.82) is 0 Å². The number of aromatic carboxylic acids is 1. The van der Waals surface area contributed by atoms with Crippen LogP contribution in [0.1, 0.15) is 128 Å². The lowest BCUT2D eigenvalue weighted by Crippen LogP contribution is -2.65. The summed E-state index contributed by atoms with van der Waals surface area (Å²) in [6.07, 6.45) is 12.6. The fraction of sp³-hybridized carbons (Fsp3) is 0.795. The second-order valence-electron chi connectivity index (χ2n) is 17.8. The van der Waals surface area contributed by atoms with Gasteiger partial charge in [0.25, 0.3) is 0 Å². The summed E-state index contributed by atoms with van der Waals surface area (Å²) in [6.45, 7) is 15.8. The normalized spacial score (nSPS) is 42.6. The van der Waals surface area contributed by atoms with E-state index in [1.165, 1.54) is 56.9 Å². The number of carboxylic acid groups (broad SMARTS) is 1. The molecule has 44 heavy (non-hydrogen) atoms. The van der Waals surface area contributed by atoms with Gasteiger partial charge in [-0.05, 0) is 160 Å². The van der Waals surface area contributed by atoms with Crippen molar-refractivity contribution in [2.45, 2.75) is 117 Å². The zero-order valence-corrected chi connectivity index (χ0v) is 28.9. The third kappa shape index (κ3) is 4.88. The molecule has 0 aliphatic heterocycles. The molecule has 0 saturated heterocycles. The molecule has 0 radical (unpaired) electrons. The van der Waals surface area contributed by atoms with Crippen LogP contribution in [0.3, 0.4) is 0 Å². The summed E-state index contributed by atoms with van der Waals surface area (Å²) in [6, 6.07) is 7.80. The number of carbonyl (C=O) groups excluding carboxylic acids is 1. The minimum Gasteiger partial charge on any atom is -0.478 e. The first-order chi connectivity index (χ1) is 20.6. The van der Waals surface area contributed by atoms with Crippen LogP contribution in [0, 0.1) is 57.7 Å². The molecule has 5 heteroatoms. The Labute approximate surface area is 267 Å². The van der Waals surface area contributed by atoms with Crippen LogP contribution < -0.4 is 5.32 Å². The van der Waals surface area contributed by atoms with Crippen molar-refractivity contribution in [2.24, 2.45) is 57.7 Å².